The normalized spacial score (nSPS) is 15.6. The van der Waals surface area contributed by atoms with Crippen molar-refractivity contribution in [2.24, 2.45) is 5.92 Å². The molecule has 0 aromatic heterocycles. The number of allylic oxidation sites excluding steroid dienone is 1. The van der Waals surface area contributed by atoms with Crippen molar-refractivity contribution in [1.29, 1.82) is 0 Å². The lowest BCUT2D eigenvalue weighted by Gasteiger charge is -2.06. The van der Waals surface area contributed by atoms with Crippen LogP contribution in [0.2, 0.25) is 0 Å². The number of carbonyl (C=O) groups is 1. The summed E-state index contributed by atoms with van der Waals surface area (Å²) < 4.78 is 5.06. The van der Waals surface area contributed by atoms with Gasteiger partial charge < -0.3 is 15.4 Å². The van der Waals surface area contributed by atoms with Crippen LogP contribution >= 0.6 is 0 Å². The van der Waals surface area contributed by atoms with E-state index in [2.05, 4.69) is 16.7 Å². The minimum Gasteiger partial charge on any atom is -0.497 e. The van der Waals surface area contributed by atoms with Crippen molar-refractivity contribution in [2.45, 2.75) is 25.7 Å². The summed E-state index contributed by atoms with van der Waals surface area (Å²) in [5.41, 5.74) is 0.743. The molecule has 2 N–H and O–H groups in total. The Morgan fingerprint density at radius 1 is 1.26 bits per heavy atom. The first kappa shape index (κ1) is 13.5. The van der Waals surface area contributed by atoms with E-state index in [1.54, 1.807) is 25.4 Å². The Bertz CT molecular complexity index is 434. The average Bonchev–Trinajstić information content (AvgIpc) is 2.93. The second-order valence-electron chi connectivity index (χ2n) is 4.73. The third-order valence-corrected chi connectivity index (χ3v) is 3.33. The first-order valence-electron chi connectivity index (χ1n) is 6.66. The van der Waals surface area contributed by atoms with Crippen LogP contribution in [0.15, 0.2) is 36.5 Å². The molecule has 1 aliphatic carbocycles. The average molecular weight is 260 g/mol. The molecule has 0 saturated heterocycles. The maximum atomic E-state index is 11.6. The molecule has 2 amide bonds. The Labute approximate surface area is 113 Å². The number of hydrogen-bond acceptors (Lipinski definition) is 2. The molecule has 0 unspecified atom stereocenters. The highest BCUT2D eigenvalue weighted by Crippen LogP contribution is 2.25. The number of urea groups is 1. The van der Waals surface area contributed by atoms with E-state index in [0.29, 0.717) is 5.92 Å². The van der Waals surface area contributed by atoms with Gasteiger partial charge in [0.2, 0.25) is 0 Å². The maximum absolute atomic E-state index is 11.6. The van der Waals surface area contributed by atoms with E-state index >= 15 is 0 Å². The Hall–Kier alpha value is -1.97. The number of amides is 2. The standard InChI is InChI=1S/C15H20N2O2/c1-19-14-8-6-13(7-9-14)17-15(18)16-11-10-12-4-2-3-5-12/h6-12H,2-5H2,1H3,(H2,16,17,18)/b11-10+. The molecule has 0 bridgehead atoms. The number of ether oxygens (including phenoxy) is 1. The molecule has 4 heteroatoms. The van der Waals surface area contributed by atoms with E-state index in [1.807, 2.05) is 12.1 Å². The van der Waals surface area contributed by atoms with Crippen LogP contribution in [-0.4, -0.2) is 13.1 Å². The summed E-state index contributed by atoms with van der Waals surface area (Å²) >= 11 is 0. The van der Waals surface area contributed by atoms with Gasteiger partial charge in [-0.05, 0) is 43.0 Å². The highest BCUT2D eigenvalue weighted by molar-refractivity contribution is 5.89. The molecule has 0 radical (unpaired) electrons. The van der Waals surface area contributed by atoms with Crippen LogP contribution < -0.4 is 15.4 Å². The van der Waals surface area contributed by atoms with E-state index < -0.39 is 0 Å². The highest BCUT2D eigenvalue weighted by atomic mass is 16.5. The lowest BCUT2D eigenvalue weighted by molar-refractivity contribution is 0.255. The van der Waals surface area contributed by atoms with Gasteiger partial charge >= 0.3 is 6.03 Å². The van der Waals surface area contributed by atoms with Crippen LogP contribution in [0.5, 0.6) is 5.75 Å². The highest BCUT2D eigenvalue weighted by Gasteiger charge is 2.11. The van der Waals surface area contributed by atoms with E-state index in [1.165, 1.54) is 25.7 Å². The van der Waals surface area contributed by atoms with Gasteiger partial charge in [-0.1, -0.05) is 18.9 Å². The molecule has 102 valence electrons. The molecule has 1 fully saturated rings. The van der Waals surface area contributed by atoms with E-state index in [0.717, 1.165) is 11.4 Å². The zero-order valence-corrected chi connectivity index (χ0v) is 11.2. The smallest absolute Gasteiger partial charge is 0.323 e. The molecule has 2 rings (SSSR count). The fourth-order valence-electron chi connectivity index (χ4n) is 2.25. The van der Waals surface area contributed by atoms with E-state index in [4.69, 9.17) is 4.74 Å². The van der Waals surface area contributed by atoms with E-state index in [-0.39, 0.29) is 6.03 Å². The van der Waals surface area contributed by atoms with Gasteiger partial charge in [-0.15, -0.1) is 0 Å². The molecule has 1 aromatic rings. The summed E-state index contributed by atoms with van der Waals surface area (Å²) in [5, 5.41) is 5.49. The number of nitrogens with one attached hydrogen (secondary N) is 2. The molecule has 1 saturated carbocycles. The minimum atomic E-state index is -0.223. The summed E-state index contributed by atoms with van der Waals surface area (Å²) in [6.45, 7) is 0. The lowest BCUT2D eigenvalue weighted by atomic mass is 10.1. The summed E-state index contributed by atoms with van der Waals surface area (Å²) in [4.78, 5) is 11.6. The SMILES string of the molecule is COc1ccc(NC(=O)N/C=C/C2CCCC2)cc1. The predicted octanol–water partition coefficient (Wildman–Crippen LogP) is 3.52. The summed E-state index contributed by atoms with van der Waals surface area (Å²) in [5.74, 6) is 1.40. The van der Waals surface area contributed by atoms with Gasteiger partial charge in [0, 0.05) is 11.9 Å². The number of rotatable bonds is 4. The Morgan fingerprint density at radius 3 is 2.58 bits per heavy atom. The molecule has 4 nitrogen and oxygen atoms in total. The van der Waals surface area contributed by atoms with Crippen molar-refractivity contribution in [3.8, 4) is 5.75 Å². The monoisotopic (exact) mass is 260 g/mol. The fraction of sp³-hybridized carbons (Fsp3) is 0.400. The van der Waals surface area contributed by atoms with Gasteiger partial charge in [0.25, 0.3) is 0 Å². The maximum Gasteiger partial charge on any atom is 0.323 e. The number of carbonyl (C=O) groups excluding carboxylic acids is 1. The van der Waals surface area contributed by atoms with Crippen LogP contribution in [0.4, 0.5) is 10.5 Å². The van der Waals surface area contributed by atoms with Crippen molar-refractivity contribution < 1.29 is 9.53 Å². The second-order valence-corrected chi connectivity index (χ2v) is 4.73. The molecule has 19 heavy (non-hydrogen) atoms. The van der Waals surface area contributed by atoms with Crippen LogP contribution in [-0.2, 0) is 0 Å². The zero-order chi connectivity index (χ0) is 13.5. The summed E-state index contributed by atoms with van der Waals surface area (Å²) in [6, 6.07) is 7.01. The lowest BCUT2D eigenvalue weighted by Crippen LogP contribution is -2.23. The molecular weight excluding hydrogens is 240 g/mol. The fourth-order valence-corrected chi connectivity index (χ4v) is 2.25. The van der Waals surface area contributed by atoms with Crippen molar-refractivity contribution in [2.75, 3.05) is 12.4 Å². The molecule has 0 aliphatic heterocycles. The Morgan fingerprint density at radius 2 is 1.95 bits per heavy atom. The first-order valence-corrected chi connectivity index (χ1v) is 6.66. The molecule has 0 atom stereocenters. The van der Waals surface area contributed by atoms with Gasteiger partial charge in [0.15, 0.2) is 0 Å². The van der Waals surface area contributed by atoms with Gasteiger partial charge in [-0.25, -0.2) is 4.79 Å². The third kappa shape index (κ3) is 4.32. The topological polar surface area (TPSA) is 50.4 Å². The van der Waals surface area contributed by atoms with Crippen molar-refractivity contribution in [1.82, 2.24) is 5.32 Å². The third-order valence-electron chi connectivity index (χ3n) is 3.33. The van der Waals surface area contributed by atoms with Crippen molar-refractivity contribution in [3.63, 3.8) is 0 Å². The summed E-state index contributed by atoms with van der Waals surface area (Å²) in [6.07, 6.45) is 8.89. The van der Waals surface area contributed by atoms with Crippen LogP contribution in [0.1, 0.15) is 25.7 Å². The Balaban J connectivity index is 1.76. The summed E-state index contributed by atoms with van der Waals surface area (Å²) in [7, 11) is 1.61. The second kappa shape index (κ2) is 6.83. The minimum absolute atomic E-state index is 0.223. The number of anilines is 1. The molecule has 0 spiro atoms. The molecule has 1 aliphatic rings. The molecule has 0 heterocycles. The largest absolute Gasteiger partial charge is 0.497 e. The number of benzene rings is 1. The number of methoxy groups -OCH3 is 1. The number of hydrogen-bond donors (Lipinski definition) is 2. The predicted molar refractivity (Wildman–Crippen MR) is 76.2 cm³/mol. The van der Waals surface area contributed by atoms with Crippen LogP contribution in [0.25, 0.3) is 0 Å². The quantitative estimate of drug-likeness (QED) is 0.870. The van der Waals surface area contributed by atoms with Crippen LogP contribution in [0, 0.1) is 5.92 Å². The van der Waals surface area contributed by atoms with Crippen LogP contribution in [0.3, 0.4) is 0 Å². The molecular formula is C15H20N2O2. The van der Waals surface area contributed by atoms with E-state index in [9.17, 15) is 4.79 Å². The van der Waals surface area contributed by atoms with Gasteiger partial charge in [0.05, 0.1) is 7.11 Å². The van der Waals surface area contributed by atoms with Gasteiger partial charge in [-0.2, -0.15) is 0 Å². The Kier molecular flexibility index (Phi) is 4.84. The first-order chi connectivity index (χ1) is 9.28. The zero-order valence-electron chi connectivity index (χ0n) is 11.2. The van der Waals surface area contributed by atoms with Crippen molar-refractivity contribution in [3.05, 3.63) is 36.5 Å². The van der Waals surface area contributed by atoms with Gasteiger partial charge in [0.1, 0.15) is 5.75 Å². The van der Waals surface area contributed by atoms with Crippen molar-refractivity contribution >= 4 is 11.7 Å². The van der Waals surface area contributed by atoms with Gasteiger partial charge in [-0.3, -0.25) is 0 Å². The molecule has 1 aromatic carbocycles.